The Morgan fingerprint density at radius 3 is 2.42 bits per heavy atom. The first-order chi connectivity index (χ1) is 16.7. The molecule has 1 atom stereocenters. The highest BCUT2D eigenvalue weighted by atomic mass is 35.5. The maximum Gasteiger partial charge on any atom is 0.400 e. The third-order valence-electron chi connectivity index (χ3n) is 7.03. The van der Waals surface area contributed by atoms with Crippen molar-refractivity contribution >= 4 is 44.7 Å². The molecule has 1 unspecified atom stereocenters. The molecule has 0 saturated carbocycles. The lowest BCUT2D eigenvalue weighted by Gasteiger charge is -2.47. The molecule has 2 aromatic rings. The summed E-state index contributed by atoms with van der Waals surface area (Å²) < 4.78 is 72.0. The summed E-state index contributed by atoms with van der Waals surface area (Å²) in [4.78, 5) is 17.9. The highest BCUT2D eigenvalue weighted by molar-refractivity contribution is 7.91. The lowest BCUT2D eigenvalue weighted by molar-refractivity contribution is -0.183. The molecular formula is C24H21Cl2F3N2O4S. The molecule has 1 fully saturated rings. The molecular weight excluding hydrogens is 540 g/mol. The molecule has 0 bridgehead atoms. The molecule has 3 aliphatic rings. The minimum absolute atomic E-state index is 0.0250. The minimum Gasteiger partial charge on any atom is -0.362 e. The zero-order chi connectivity index (χ0) is 26.1. The van der Waals surface area contributed by atoms with Gasteiger partial charge in [-0.2, -0.15) is 13.2 Å². The van der Waals surface area contributed by atoms with Gasteiger partial charge in [-0.1, -0.05) is 35.3 Å². The van der Waals surface area contributed by atoms with Crippen molar-refractivity contribution < 1.29 is 31.1 Å². The number of ether oxygens (including phenoxy) is 1. The maximum atomic E-state index is 14.4. The second kappa shape index (κ2) is 8.44. The molecule has 2 aromatic carbocycles. The lowest BCUT2D eigenvalue weighted by atomic mass is 9.76. The van der Waals surface area contributed by atoms with Crippen molar-refractivity contribution in [2.24, 2.45) is 4.99 Å². The number of fused-ring (bicyclic) bond motifs is 2. The number of halogens is 5. The molecule has 0 N–H and O–H groups in total. The number of nitrogens with zero attached hydrogens (tertiary/aromatic N) is 2. The Kier molecular flexibility index (Phi) is 5.98. The fourth-order valence-corrected chi connectivity index (χ4v) is 6.31. The summed E-state index contributed by atoms with van der Waals surface area (Å²) in [5, 5.41) is 0.248. The fourth-order valence-electron chi connectivity index (χ4n) is 5.15. The predicted octanol–water partition coefficient (Wildman–Crippen LogP) is 4.30. The average Bonchev–Trinajstić information content (AvgIpc) is 3.33. The topological polar surface area (TPSA) is 76.0 Å². The number of rotatable bonds is 4. The van der Waals surface area contributed by atoms with E-state index >= 15 is 0 Å². The second-order valence-electron chi connectivity index (χ2n) is 9.65. The van der Waals surface area contributed by atoms with Crippen LogP contribution in [-0.4, -0.2) is 62.8 Å². The van der Waals surface area contributed by atoms with E-state index in [0.717, 1.165) is 17.4 Å². The number of sulfone groups is 1. The first-order valence-corrected chi connectivity index (χ1v) is 13.8. The van der Waals surface area contributed by atoms with Gasteiger partial charge in [0.05, 0.1) is 26.2 Å². The van der Waals surface area contributed by atoms with Crippen molar-refractivity contribution in [3.63, 3.8) is 0 Å². The summed E-state index contributed by atoms with van der Waals surface area (Å²) in [6.07, 6.45) is -3.93. The molecule has 3 aliphatic heterocycles. The van der Waals surface area contributed by atoms with Crippen LogP contribution in [0.15, 0.2) is 41.4 Å². The third kappa shape index (κ3) is 4.31. The molecule has 3 heterocycles. The standard InChI is InChI=1S/C24H21Cl2F3N2O4S/c1-36(33,34)10-21(32)31-12-23(13-31)19-3-2-14(4-15(19)9-35-23)20-8-22(11-30-20,24(27,28)29)16-5-17(25)7-18(26)6-16/h2-7H,8-13H2,1H3. The Hall–Kier alpha value is -2.14. The Labute approximate surface area is 216 Å². The molecule has 6 nitrogen and oxygen atoms in total. The van der Waals surface area contributed by atoms with Crippen molar-refractivity contribution in [3.8, 4) is 0 Å². The first-order valence-electron chi connectivity index (χ1n) is 11.0. The van der Waals surface area contributed by atoms with E-state index < -0.39 is 45.2 Å². The number of aliphatic imine (C=N–C) groups is 1. The van der Waals surface area contributed by atoms with Gasteiger partial charge >= 0.3 is 6.18 Å². The summed E-state index contributed by atoms with van der Waals surface area (Å²) in [7, 11) is -3.44. The van der Waals surface area contributed by atoms with E-state index in [9.17, 15) is 26.4 Å². The molecule has 36 heavy (non-hydrogen) atoms. The lowest BCUT2D eigenvalue weighted by Crippen LogP contribution is -2.62. The van der Waals surface area contributed by atoms with Gasteiger partial charge in [0, 0.05) is 28.4 Å². The number of likely N-dealkylation sites (tertiary alicyclic amines) is 1. The Morgan fingerprint density at radius 1 is 1.14 bits per heavy atom. The highest BCUT2D eigenvalue weighted by Crippen LogP contribution is 2.49. The molecule has 0 aromatic heterocycles. The first kappa shape index (κ1) is 25.5. The van der Waals surface area contributed by atoms with E-state index in [1.54, 1.807) is 18.2 Å². The van der Waals surface area contributed by atoms with Crippen LogP contribution in [0.2, 0.25) is 10.0 Å². The smallest absolute Gasteiger partial charge is 0.362 e. The number of amides is 1. The monoisotopic (exact) mass is 560 g/mol. The number of alkyl halides is 3. The summed E-state index contributed by atoms with van der Waals surface area (Å²) in [6, 6.07) is 9.25. The largest absolute Gasteiger partial charge is 0.400 e. The van der Waals surface area contributed by atoms with Crippen molar-refractivity contribution in [2.75, 3.05) is 31.6 Å². The molecule has 0 radical (unpaired) electrons. The Morgan fingerprint density at radius 2 is 1.81 bits per heavy atom. The van der Waals surface area contributed by atoms with Gasteiger partial charge in [-0.15, -0.1) is 0 Å². The second-order valence-corrected chi connectivity index (χ2v) is 12.7. The van der Waals surface area contributed by atoms with Gasteiger partial charge in [-0.25, -0.2) is 8.42 Å². The van der Waals surface area contributed by atoms with Crippen LogP contribution < -0.4 is 0 Å². The number of carbonyl (C=O) groups excluding carboxylic acids is 1. The van der Waals surface area contributed by atoms with Crippen LogP contribution in [0.4, 0.5) is 13.2 Å². The maximum absolute atomic E-state index is 14.4. The molecule has 0 aliphatic carbocycles. The van der Waals surface area contributed by atoms with Crippen LogP contribution in [0.3, 0.4) is 0 Å². The number of hydrogen-bond donors (Lipinski definition) is 0. The molecule has 12 heteroatoms. The van der Waals surface area contributed by atoms with Crippen LogP contribution in [-0.2, 0) is 37.0 Å². The average molecular weight is 561 g/mol. The summed E-state index contributed by atoms with van der Waals surface area (Å²) in [6.45, 7) is 0.207. The molecule has 1 spiro atoms. The van der Waals surface area contributed by atoms with Crippen LogP contribution in [0.1, 0.15) is 28.7 Å². The van der Waals surface area contributed by atoms with Gasteiger partial charge < -0.3 is 9.64 Å². The highest BCUT2D eigenvalue weighted by Gasteiger charge is 2.59. The van der Waals surface area contributed by atoms with Crippen molar-refractivity contribution in [2.45, 2.75) is 30.2 Å². The number of carbonyl (C=O) groups is 1. The zero-order valence-corrected chi connectivity index (χ0v) is 21.4. The van der Waals surface area contributed by atoms with Gasteiger partial charge in [-0.05, 0) is 46.5 Å². The minimum atomic E-state index is -4.58. The van der Waals surface area contributed by atoms with Gasteiger partial charge in [0.15, 0.2) is 9.84 Å². The van der Waals surface area contributed by atoms with E-state index in [2.05, 4.69) is 4.99 Å². The third-order valence-corrected chi connectivity index (χ3v) is 8.24. The van der Waals surface area contributed by atoms with Crippen molar-refractivity contribution in [1.29, 1.82) is 0 Å². The van der Waals surface area contributed by atoms with Crippen LogP contribution in [0.25, 0.3) is 0 Å². The number of hydrogen-bond acceptors (Lipinski definition) is 5. The number of benzene rings is 2. The molecule has 192 valence electrons. The van der Waals surface area contributed by atoms with Gasteiger partial charge in [0.1, 0.15) is 16.8 Å². The van der Waals surface area contributed by atoms with E-state index in [-0.39, 0.29) is 41.7 Å². The van der Waals surface area contributed by atoms with E-state index in [4.69, 9.17) is 27.9 Å². The van der Waals surface area contributed by atoms with Crippen LogP contribution in [0, 0.1) is 0 Å². The van der Waals surface area contributed by atoms with E-state index in [1.165, 1.54) is 23.1 Å². The predicted molar refractivity (Wildman–Crippen MR) is 129 cm³/mol. The van der Waals surface area contributed by atoms with E-state index in [0.29, 0.717) is 11.3 Å². The van der Waals surface area contributed by atoms with Gasteiger partial charge in [-0.3, -0.25) is 9.79 Å². The normalized spacial score (nSPS) is 22.9. The summed E-state index contributed by atoms with van der Waals surface area (Å²) >= 11 is 12.0. The van der Waals surface area contributed by atoms with E-state index in [1.807, 2.05) is 0 Å². The molecule has 1 saturated heterocycles. The Balaban J connectivity index is 1.37. The summed E-state index contributed by atoms with van der Waals surface area (Å²) in [5.74, 6) is -1.05. The zero-order valence-electron chi connectivity index (χ0n) is 19.0. The van der Waals surface area contributed by atoms with Crippen LogP contribution in [0.5, 0.6) is 0 Å². The molecule has 5 rings (SSSR count). The van der Waals surface area contributed by atoms with Crippen molar-refractivity contribution in [3.05, 3.63) is 68.7 Å². The molecule has 1 amide bonds. The quantitative estimate of drug-likeness (QED) is 0.558. The van der Waals surface area contributed by atoms with Crippen LogP contribution >= 0.6 is 23.2 Å². The van der Waals surface area contributed by atoms with Gasteiger partial charge in [0.25, 0.3) is 0 Å². The van der Waals surface area contributed by atoms with Crippen molar-refractivity contribution in [1.82, 2.24) is 4.90 Å². The van der Waals surface area contributed by atoms with Gasteiger partial charge in [0.2, 0.25) is 5.91 Å². The SMILES string of the molecule is CS(=O)(=O)CC(=O)N1CC2(C1)OCc1cc(C3=NCC(c4cc(Cl)cc(Cl)c4)(C(F)(F)F)C3)ccc12. The summed E-state index contributed by atoms with van der Waals surface area (Å²) in [5.41, 5.74) is -0.446. The fraction of sp³-hybridized carbons (Fsp3) is 0.417. The Bertz CT molecular complexity index is 1380.